The van der Waals surface area contributed by atoms with Crippen LogP contribution >= 0.6 is 11.6 Å². The normalized spacial score (nSPS) is 11.3. The number of H-pyrrole nitrogens is 1. The molecule has 0 aliphatic carbocycles. The highest BCUT2D eigenvalue weighted by molar-refractivity contribution is 7.89. The number of benzene rings is 2. The first-order valence-corrected chi connectivity index (χ1v) is 10.6. The third-order valence-electron chi connectivity index (χ3n) is 4.07. The highest BCUT2D eigenvalue weighted by Gasteiger charge is 2.17. The monoisotopic (exact) mass is 467 g/mol. The molecule has 3 rings (SSSR count). The molecule has 1 aromatic heterocycles. The van der Waals surface area contributed by atoms with Crippen LogP contribution in [0.15, 0.2) is 52.2 Å². The first-order chi connectivity index (χ1) is 14.7. The van der Waals surface area contributed by atoms with Crippen LogP contribution in [-0.2, 0) is 14.8 Å². The van der Waals surface area contributed by atoms with Crippen LogP contribution in [0.25, 0.3) is 10.8 Å². The molecule has 0 saturated carbocycles. The molecule has 1 heterocycles. The quantitative estimate of drug-likeness (QED) is 0.394. The molecule has 2 aromatic carbocycles. The molecule has 4 N–H and O–H groups in total. The van der Waals surface area contributed by atoms with Gasteiger partial charge in [-0.15, -0.1) is 0 Å². The molecule has 0 atom stereocenters. The van der Waals surface area contributed by atoms with Gasteiger partial charge in [-0.1, -0.05) is 29.8 Å². The predicted octanol–water partition coefficient (Wildman–Crippen LogP) is 0.845. The second kappa shape index (κ2) is 9.20. The lowest BCUT2D eigenvalue weighted by Crippen LogP contribution is -2.43. The van der Waals surface area contributed by atoms with Crippen LogP contribution in [0.4, 0.5) is 4.39 Å². The van der Waals surface area contributed by atoms with Gasteiger partial charge in [0.15, 0.2) is 5.69 Å². The van der Waals surface area contributed by atoms with Crippen molar-refractivity contribution >= 4 is 44.2 Å². The largest absolute Gasteiger partial charge is 0.290 e. The van der Waals surface area contributed by atoms with Gasteiger partial charge in [0.1, 0.15) is 5.82 Å². The summed E-state index contributed by atoms with van der Waals surface area (Å²) in [5.41, 5.74) is 3.70. The Bertz CT molecular complexity index is 1330. The van der Waals surface area contributed by atoms with Gasteiger partial charge in [-0.25, -0.2) is 22.6 Å². The van der Waals surface area contributed by atoms with Gasteiger partial charge in [0, 0.05) is 18.4 Å². The first kappa shape index (κ1) is 22.3. The van der Waals surface area contributed by atoms with E-state index in [0.29, 0.717) is 5.39 Å². The number of carbonyl (C=O) groups is 2. The lowest BCUT2D eigenvalue weighted by molar-refractivity contribution is -0.121. The number of carbonyl (C=O) groups excluding carboxylic acids is 2. The van der Waals surface area contributed by atoms with E-state index in [1.54, 1.807) is 12.1 Å². The van der Waals surface area contributed by atoms with Crippen LogP contribution in [0.1, 0.15) is 16.9 Å². The maximum absolute atomic E-state index is 13.2. The van der Waals surface area contributed by atoms with Crippen molar-refractivity contribution < 1.29 is 22.4 Å². The highest BCUT2D eigenvalue weighted by atomic mass is 35.5. The number of rotatable bonds is 6. The van der Waals surface area contributed by atoms with Crippen molar-refractivity contribution in [2.45, 2.75) is 11.3 Å². The highest BCUT2D eigenvalue weighted by Crippen LogP contribution is 2.19. The summed E-state index contributed by atoms with van der Waals surface area (Å²) >= 11 is 5.57. The van der Waals surface area contributed by atoms with Crippen LogP contribution in [0.3, 0.4) is 0 Å². The summed E-state index contributed by atoms with van der Waals surface area (Å²) in [4.78, 5) is 35.7. The van der Waals surface area contributed by atoms with Gasteiger partial charge in [-0.05, 0) is 24.3 Å². The Kier molecular flexibility index (Phi) is 6.63. The predicted molar refractivity (Wildman–Crippen MR) is 109 cm³/mol. The molecule has 31 heavy (non-hydrogen) atoms. The molecular weight excluding hydrogens is 453 g/mol. The van der Waals surface area contributed by atoms with Gasteiger partial charge in [0.2, 0.25) is 15.9 Å². The van der Waals surface area contributed by atoms with Crippen molar-refractivity contribution in [1.82, 2.24) is 25.8 Å². The zero-order valence-electron chi connectivity index (χ0n) is 15.6. The minimum atomic E-state index is -4.01. The summed E-state index contributed by atoms with van der Waals surface area (Å²) in [6.07, 6.45) is -0.311. The number of aromatic amines is 1. The van der Waals surface area contributed by atoms with Crippen LogP contribution in [0.5, 0.6) is 0 Å². The molecule has 0 fully saturated rings. The van der Waals surface area contributed by atoms with Crippen molar-refractivity contribution in [3.63, 3.8) is 0 Å². The van der Waals surface area contributed by atoms with E-state index in [1.807, 2.05) is 0 Å². The Morgan fingerprint density at radius 2 is 1.81 bits per heavy atom. The molecule has 2 amide bonds. The summed E-state index contributed by atoms with van der Waals surface area (Å²) in [6.45, 7) is -0.293. The van der Waals surface area contributed by atoms with Gasteiger partial charge in [-0.2, -0.15) is 5.10 Å². The Balaban J connectivity index is 1.55. The zero-order chi connectivity index (χ0) is 22.6. The van der Waals surface area contributed by atoms with E-state index in [9.17, 15) is 27.2 Å². The second-order valence-electron chi connectivity index (χ2n) is 6.17. The molecule has 13 heteroatoms. The Morgan fingerprint density at radius 1 is 1.10 bits per heavy atom. The average molecular weight is 468 g/mol. The lowest BCUT2D eigenvalue weighted by atomic mass is 10.1. The van der Waals surface area contributed by atoms with Crippen LogP contribution in [-0.4, -0.2) is 37.0 Å². The Labute approximate surface area is 179 Å². The van der Waals surface area contributed by atoms with Crippen molar-refractivity contribution in [1.29, 1.82) is 0 Å². The number of nitrogens with one attached hydrogen (secondary N) is 4. The third-order valence-corrected chi connectivity index (χ3v) is 5.82. The van der Waals surface area contributed by atoms with E-state index in [2.05, 4.69) is 25.8 Å². The minimum Gasteiger partial charge on any atom is -0.273 e. The molecule has 10 nitrogen and oxygen atoms in total. The molecule has 0 aliphatic rings. The van der Waals surface area contributed by atoms with Crippen LogP contribution in [0, 0.1) is 5.82 Å². The number of halogens is 2. The van der Waals surface area contributed by atoms with Gasteiger partial charge in [0.05, 0.1) is 15.3 Å². The van der Waals surface area contributed by atoms with E-state index in [4.69, 9.17) is 11.6 Å². The number of aromatic nitrogens is 2. The van der Waals surface area contributed by atoms with E-state index < -0.39 is 33.2 Å². The number of hydrazine groups is 1. The summed E-state index contributed by atoms with van der Waals surface area (Å²) in [5.74, 6) is -2.23. The van der Waals surface area contributed by atoms with E-state index >= 15 is 0 Å². The minimum absolute atomic E-state index is 0.107. The summed E-state index contributed by atoms with van der Waals surface area (Å²) in [5, 5.41) is 6.09. The van der Waals surface area contributed by atoms with Crippen LogP contribution in [0.2, 0.25) is 5.02 Å². The van der Waals surface area contributed by atoms with E-state index in [0.717, 1.165) is 18.2 Å². The van der Waals surface area contributed by atoms with E-state index in [-0.39, 0.29) is 34.0 Å². The molecule has 0 aliphatic heterocycles. The third kappa shape index (κ3) is 5.23. The topological polar surface area (TPSA) is 150 Å². The lowest BCUT2D eigenvalue weighted by Gasteiger charge is -2.09. The van der Waals surface area contributed by atoms with Crippen LogP contribution < -0.4 is 21.1 Å². The summed E-state index contributed by atoms with van der Waals surface area (Å²) in [7, 11) is -4.01. The SMILES string of the molecule is O=C(CCNS(=O)(=O)c1ccc(F)c(Cl)c1)NNC(=O)c1n[nH]c(=O)c2ccccc12. The molecule has 0 saturated heterocycles. The fourth-order valence-electron chi connectivity index (χ4n) is 2.56. The maximum atomic E-state index is 13.2. The average Bonchev–Trinajstić information content (AvgIpc) is 2.74. The molecule has 162 valence electrons. The number of hydrogen-bond acceptors (Lipinski definition) is 6. The molecular formula is C18H15ClFN5O5S. The maximum Gasteiger partial charge on any atom is 0.290 e. The fraction of sp³-hybridized carbons (Fsp3) is 0.111. The zero-order valence-corrected chi connectivity index (χ0v) is 17.2. The number of nitrogens with zero attached hydrogens (tertiary/aromatic N) is 1. The molecule has 3 aromatic rings. The van der Waals surface area contributed by atoms with Gasteiger partial charge in [-0.3, -0.25) is 25.2 Å². The second-order valence-corrected chi connectivity index (χ2v) is 8.35. The molecule has 0 unspecified atom stereocenters. The summed E-state index contributed by atoms with van der Waals surface area (Å²) < 4.78 is 39.6. The van der Waals surface area contributed by atoms with Crippen molar-refractivity contribution in [2.24, 2.45) is 0 Å². The van der Waals surface area contributed by atoms with E-state index in [1.165, 1.54) is 12.1 Å². The van der Waals surface area contributed by atoms with Crippen molar-refractivity contribution in [2.75, 3.05) is 6.54 Å². The molecule has 0 bridgehead atoms. The number of sulfonamides is 1. The van der Waals surface area contributed by atoms with Crippen molar-refractivity contribution in [3.05, 3.63) is 69.4 Å². The van der Waals surface area contributed by atoms with Crippen molar-refractivity contribution in [3.8, 4) is 0 Å². The smallest absolute Gasteiger partial charge is 0.273 e. The van der Waals surface area contributed by atoms with Gasteiger partial charge >= 0.3 is 0 Å². The van der Waals surface area contributed by atoms with Gasteiger partial charge in [0.25, 0.3) is 11.5 Å². The Hall–Kier alpha value is -3.35. The fourth-order valence-corrected chi connectivity index (χ4v) is 3.87. The molecule has 0 radical (unpaired) electrons. The Morgan fingerprint density at radius 3 is 2.52 bits per heavy atom. The first-order valence-electron chi connectivity index (χ1n) is 8.70. The number of hydrogen-bond donors (Lipinski definition) is 4. The number of amides is 2. The van der Waals surface area contributed by atoms with Gasteiger partial charge < -0.3 is 0 Å². The molecule has 0 spiro atoms. The standard InChI is InChI=1S/C18H15ClFN5O5S/c19-13-9-10(5-6-14(13)20)31(29,30)21-8-7-15(26)22-25-18(28)16-11-3-1-2-4-12(11)17(27)24-23-16/h1-6,9,21H,7-8H2,(H,22,26)(H,24,27)(H,25,28). The summed E-state index contributed by atoms with van der Waals surface area (Å²) in [6, 6.07) is 9.19. The number of fused-ring (bicyclic) bond motifs is 1.